The van der Waals surface area contributed by atoms with Crippen molar-refractivity contribution < 1.29 is 0 Å². The largest absolute Gasteiger partial charge is 0.368 e. The topological polar surface area (TPSA) is 53.9 Å². The lowest BCUT2D eigenvalue weighted by atomic mass is 10.1. The molecule has 2 aromatic rings. The fourth-order valence-electron chi connectivity index (χ4n) is 3.66. The maximum Gasteiger partial charge on any atom is 0.163 e. The van der Waals surface area contributed by atoms with E-state index in [1.54, 1.807) is 6.20 Å². The maximum atomic E-state index is 4.84. The average molecular weight is 323 g/mol. The predicted molar refractivity (Wildman–Crippen MR) is 96.0 cm³/mol. The first-order chi connectivity index (χ1) is 11.7. The summed E-state index contributed by atoms with van der Waals surface area (Å²) in [6.45, 7) is 0.952. The number of nitrogens with zero attached hydrogens (tertiary/aromatic N) is 4. The summed E-state index contributed by atoms with van der Waals surface area (Å²) in [5.41, 5.74) is 3.51. The van der Waals surface area contributed by atoms with E-state index < -0.39 is 0 Å². The molecule has 0 amide bonds. The number of fused-ring (bicyclic) bond motifs is 1. The molecule has 2 aliphatic rings. The van der Waals surface area contributed by atoms with Gasteiger partial charge in [-0.1, -0.05) is 0 Å². The normalized spacial score (nSPS) is 17.8. The van der Waals surface area contributed by atoms with Gasteiger partial charge in [-0.25, -0.2) is 9.97 Å². The highest BCUT2D eigenvalue weighted by Crippen LogP contribution is 2.35. The summed E-state index contributed by atoms with van der Waals surface area (Å²) in [6, 6.07) is 4.55. The molecule has 24 heavy (non-hydrogen) atoms. The Morgan fingerprint density at radius 3 is 2.83 bits per heavy atom. The van der Waals surface area contributed by atoms with Crippen LogP contribution in [0.4, 0.5) is 5.82 Å². The molecule has 0 aromatic carbocycles. The van der Waals surface area contributed by atoms with Crippen molar-refractivity contribution in [1.82, 2.24) is 19.9 Å². The van der Waals surface area contributed by atoms with E-state index in [-0.39, 0.29) is 0 Å². The molecule has 2 aliphatic carbocycles. The summed E-state index contributed by atoms with van der Waals surface area (Å²) in [7, 11) is 4.35. The Kier molecular flexibility index (Phi) is 4.19. The number of pyridine rings is 1. The van der Waals surface area contributed by atoms with Gasteiger partial charge in [0.1, 0.15) is 5.82 Å². The lowest BCUT2D eigenvalue weighted by Gasteiger charge is -2.25. The van der Waals surface area contributed by atoms with Crippen molar-refractivity contribution in [3.8, 4) is 11.4 Å². The summed E-state index contributed by atoms with van der Waals surface area (Å²) in [4.78, 5) is 16.2. The number of hydrogen-bond acceptors (Lipinski definition) is 5. The molecule has 0 radical (unpaired) electrons. The molecule has 2 heterocycles. The summed E-state index contributed by atoms with van der Waals surface area (Å²) in [5, 5.41) is 3.64. The van der Waals surface area contributed by atoms with E-state index in [0.717, 1.165) is 42.5 Å². The van der Waals surface area contributed by atoms with Gasteiger partial charge >= 0.3 is 0 Å². The summed E-state index contributed by atoms with van der Waals surface area (Å²) < 4.78 is 0. The number of aryl methyl sites for hydroxylation is 1. The molecule has 4 rings (SSSR count). The number of anilines is 1. The van der Waals surface area contributed by atoms with Gasteiger partial charge in [0.2, 0.25) is 0 Å². The fourth-order valence-corrected chi connectivity index (χ4v) is 3.66. The molecule has 0 aliphatic heterocycles. The first-order valence-electron chi connectivity index (χ1n) is 8.93. The van der Waals surface area contributed by atoms with Crippen LogP contribution in [0.1, 0.15) is 30.5 Å². The zero-order valence-corrected chi connectivity index (χ0v) is 14.5. The van der Waals surface area contributed by atoms with Gasteiger partial charge in [0.05, 0.1) is 0 Å². The van der Waals surface area contributed by atoms with E-state index in [1.807, 2.05) is 18.3 Å². The maximum absolute atomic E-state index is 4.84. The smallest absolute Gasteiger partial charge is 0.163 e. The van der Waals surface area contributed by atoms with Crippen molar-refractivity contribution in [2.45, 2.75) is 38.1 Å². The zero-order valence-electron chi connectivity index (χ0n) is 14.5. The molecule has 0 saturated heterocycles. The molecular weight excluding hydrogens is 298 g/mol. The van der Waals surface area contributed by atoms with Gasteiger partial charge in [-0.15, -0.1) is 0 Å². The summed E-state index contributed by atoms with van der Waals surface area (Å²) in [6.07, 6.45) is 9.65. The highest BCUT2D eigenvalue weighted by Gasteiger charge is 2.32. The third-order valence-electron chi connectivity index (χ3n) is 5.16. The van der Waals surface area contributed by atoms with E-state index in [1.165, 1.54) is 30.5 Å². The van der Waals surface area contributed by atoms with Crippen molar-refractivity contribution in [2.24, 2.45) is 5.92 Å². The van der Waals surface area contributed by atoms with E-state index in [2.05, 4.69) is 29.3 Å². The van der Waals surface area contributed by atoms with Gasteiger partial charge in [0, 0.05) is 41.8 Å². The zero-order chi connectivity index (χ0) is 16.5. The number of nitrogens with one attached hydrogen (secondary N) is 1. The molecule has 1 atom stereocenters. The molecule has 1 unspecified atom stereocenters. The summed E-state index contributed by atoms with van der Waals surface area (Å²) >= 11 is 0. The van der Waals surface area contributed by atoms with Gasteiger partial charge < -0.3 is 10.2 Å². The van der Waals surface area contributed by atoms with Crippen LogP contribution in [-0.4, -0.2) is 46.5 Å². The van der Waals surface area contributed by atoms with Crippen LogP contribution in [0.3, 0.4) is 0 Å². The minimum atomic E-state index is 0.582. The standard InChI is InChI=1S/C19H25N5/c1-24(2)17(13-8-9-13)12-21-19-15-6-3-7-16(15)22-18(23-19)14-5-4-10-20-11-14/h4-5,10-11,13,17H,3,6-9,12H2,1-2H3,(H,21,22,23). The predicted octanol–water partition coefficient (Wildman–Crippen LogP) is 2.78. The van der Waals surface area contributed by atoms with E-state index in [0.29, 0.717) is 6.04 Å². The lowest BCUT2D eigenvalue weighted by Crippen LogP contribution is -2.36. The second-order valence-electron chi connectivity index (χ2n) is 7.17. The van der Waals surface area contributed by atoms with Crippen LogP contribution in [-0.2, 0) is 12.8 Å². The fraction of sp³-hybridized carbons (Fsp3) is 0.526. The highest BCUT2D eigenvalue weighted by molar-refractivity contribution is 5.59. The molecule has 5 heteroatoms. The van der Waals surface area contributed by atoms with Gasteiger partial charge in [0.15, 0.2) is 5.82 Å². The molecule has 0 bridgehead atoms. The molecule has 5 nitrogen and oxygen atoms in total. The Hall–Kier alpha value is -2.01. The lowest BCUT2D eigenvalue weighted by molar-refractivity contribution is 0.276. The van der Waals surface area contributed by atoms with Crippen molar-refractivity contribution in [3.05, 3.63) is 35.8 Å². The van der Waals surface area contributed by atoms with Crippen LogP contribution in [0.2, 0.25) is 0 Å². The Morgan fingerprint density at radius 1 is 1.25 bits per heavy atom. The first-order valence-corrected chi connectivity index (χ1v) is 8.93. The van der Waals surface area contributed by atoms with Crippen molar-refractivity contribution in [2.75, 3.05) is 26.0 Å². The number of hydrogen-bond donors (Lipinski definition) is 1. The highest BCUT2D eigenvalue weighted by atomic mass is 15.1. The Labute approximate surface area is 143 Å². The Balaban J connectivity index is 1.61. The molecule has 126 valence electrons. The third-order valence-corrected chi connectivity index (χ3v) is 5.16. The molecule has 0 spiro atoms. The summed E-state index contributed by atoms with van der Waals surface area (Å²) in [5.74, 6) is 2.66. The van der Waals surface area contributed by atoms with Crippen molar-refractivity contribution >= 4 is 5.82 Å². The monoisotopic (exact) mass is 323 g/mol. The second kappa shape index (κ2) is 6.48. The van der Waals surface area contributed by atoms with Gasteiger partial charge in [-0.2, -0.15) is 0 Å². The SMILES string of the molecule is CN(C)C(CNc1nc(-c2cccnc2)nc2c1CCC2)C1CC1. The van der Waals surface area contributed by atoms with Gasteiger partial charge in [-0.3, -0.25) is 4.98 Å². The van der Waals surface area contributed by atoms with Gasteiger partial charge in [-0.05, 0) is 64.3 Å². The van der Waals surface area contributed by atoms with Crippen LogP contribution < -0.4 is 5.32 Å². The van der Waals surface area contributed by atoms with E-state index in [9.17, 15) is 0 Å². The van der Waals surface area contributed by atoms with E-state index >= 15 is 0 Å². The number of aromatic nitrogens is 3. The average Bonchev–Trinajstić information content (AvgIpc) is 3.31. The minimum absolute atomic E-state index is 0.582. The Bertz CT molecular complexity index is 707. The molecule has 2 aromatic heterocycles. The minimum Gasteiger partial charge on any atom is -0.368 e. The third kappa shape index (κ3) is 3.13. The van der Waals surface area contributed by atoms with Crippen LogP contribution in [0, 0.1) is 5.92 Å². The van der Waals surface area contributed by atoms with Crippen LogP contribution in [0.5, 0.6) is 0 Å². The quantitative estimate of drug-likeness (QED) is 0.886. The number of likely N-dealkylation sites (N-methyl/N-ethyl adjacent to an activating group) is 1. The molecular formula is C19H25N5. The number of rotatable bonds is 6. The molecule has 1 saturated carbocycles. The van der Waals surface area contributed by atoms with Crippen LogP contribution in [0.25, 0.3) is 11.4 Å². The van der Waals surface area contributed by atoms with Crippen molar-refractivity contribution in [3.63, 3.8) is 0 Å². The Morgan fingerprint density at radius 2 is 2.12 bits per heavy atom. The first kappa shape index (κ1) is 15.5. The van der Waals surface area contributed by atoms with Crippen LogP contribution >= 0.6 is 0 Å². The molecule has 1 N–H and O–H groups in total. The van der Waals surface area contributed by atoms with Crippen LogP contribution in [0.15, 0.2) is 24.5 Å². The molecule has 1 fully saturated rings. The second-order valence-corrected chi connectivity index (χ2v) is 7.17. The van der Waals surface area contributed by atoms with E-state index in [4.69, 9.17) is 9.97 Å². The van der Waals surface area contributed by atoms with Gasteiger partial charge in [0.25, 0.3) is 0 Å². The van der Waals surface area contributed by atoms with Crippen molar-refractivity contribution in [1.29, 1.82) is 0 Å².